The van der Waals surface area contributed by atoms with Crippen molar-refractivity contribution in [2.24, 2.45) is 0 Å². The molecule has 0 saturated heterocycles. The smallest absolute Gasteiger partial charge is 0.227 e. The average Bonchev–Trinajstić information content (AvgIpc) is 3.60. The van der Waals surface area contributed by atoms with Crippen molar-refractivity contribution in [3.63, 3.8) is 0 Å². The van der Waals surface area contributed by atoms with Gasteiger partial charge in [0.25, 0.3) is 5.70 Å². The van der Waals surface area contributed by atoms with Gasteiger partial charge in [0.15, 0.2) is 0 Å². The fraction of sp³-hybridized carbons (Fsp3) is 0.333. The summed E-state index contributed by atoms with van der Waals surface area (Å²) >= 11 is 1.82. The van der Waals surface area contributed by atoms with Crippen LogP contribution in [0.3, 0.4) is 0 Å². The van der Waals surface area contributed by atoms with Gasteiger partial charge in [0.2, 0.25) is 0 Å². The van der Waals surface area contributed by atoms with Crippen molar-refractivity contribution < 1.29 is 0 Å². The monoisotopic (exact) mass is 548 g/mol. The van der Waals surface area contributed by atoms with Crippen LogP contribution >= 0.6 is 11.3 Å². The lowest BCUT2D eigenvalue weighted by atomic mass is 9.66. The largest absolute Gasteiger partial charge is 0.262 e. The van der Waals surface area contributed by atoms with E-state index >= 15 is 0 Å². The van der Waals surface area contributed by atoms with E-state index in [1.807, 2.05) is 23.5 Å². The molecule has 5 heteroatoms. The first kappa shape index (κ1) is 25.5. The molecule has 0 aliphatic heterocycles. The van der Waals surface area contributed by atoms with Gasteiger partial charge in [0.05, 0.1) is 12.6 Å². The van der Waals surface area contributed by atoms with Crippen LogP contribution in [-0.2, 0) is 10.8 Å². The summed E-state index contributed by atoms with van der Waals surface area (Å²) in [6, 6.07) is 15.7. The molecule has 1 heterocycles. The quantitative estimate of drug-likeness (QED) is 0.236. The van der Waals surface area contributed by atoms with E-state index in [-0.39, 0.29) is 22.1 Å². The molecule has 2 spiro atoms. The average molecular weight is 549 g/mol. The Morgan fingerprint density at radius 3 is 1.63 bits per heavy atom. The number of hydrogen-bond donors (Lipinski definition) is 0. The second kappa shape index (κ2) is 9.60. The summed E-state index contributed by atoms with van der Waals surface area (Å²) < 4.78 is 2.52. The summed E-state index contributed by atoms with van der Waals surface area (Å²) in [5, 5.41) is 31.1. The van der Waals surface area contributed by atoms with Gasteiger partial charge < -0.3 is 0 Å². The highest BCUT2D eigenvalue weighted by Crippen LogP contribution is 2.56. The summed E-state index contributed by atoms with van der Waals surface area (Å²) in [5.41, 5.74) is 7.43. The number of nitriles is 3. The van der Waals surface area contributed by atoms with E-state index in [2.05, 4.69) is 59.5 Å². The highest BCUT2D eigenvalue weighted by atomic mass is 32.1. The number of fused-ring (bicyclic) bond motifs is 7. The zero-order valence-electron chi connectivity index (χ0n) is 22.9. The molecule has 2 aromatic carbocycles. The molecular weight excluding hydrogens is 520 g/mol. The third kappa shape index (κ3) is 3.74. The molecule has 4 nitrogen and oxygen atoms in total. The Morgan fingerprint density at radius 2 is 1.20 bits per heavy atom. The van der Waals surface area contributed by atoms with Crippen LogP contribution < -0.4 is 0 Å². The normalized spacial score (nSPS) is 20.0. The maximum Gasteiger partial charge on any atom is 0.262 e. The Labute approximate surface area is 244 Å². The summed E-state index contributed by atoms with van der Waals surface area (Å²) in [5.74, 6) is 0. The first-order chi connectivity index (χ1) is 20.0. The van der Waals surface area contributed by atoms with Gasteiger partial charge in [-0.1, -0.05) is 50.7 Å². The Morgan fingerprint density at radius 1 is 0.707 bits per heavy atom. The van der Waals surface area contributed by atoms with Crippen molar-refractivity contribution in [1.29, 1.82) is 15.8 Å². The number of rotatable bonds is 2. The van der Waals surface area contributed by atoms with E-state index in [4.69, 9.17) is 6.57 Å². The fourth-order valence-electron chi connectivity index (χ4n) is 8.16. The molecule has 0 amide bonds. The molecule has 198 valence electrons. The number of benzene rings is 2. The highest BCUT2D eigenvalue weighted by molar-refractivity contribution is 7.25. The molecule has 2 saturated carbocycles. The number of hydrogen-bond acceptors (Lipinski definition) is 4. The van der Waals surface area contributed by atoms with Crippen molar-refractivity contribution in [2.45, 2.75) is 75.0 Å². The van der Waals surface area contributed by atoms with Crippen molar-refractivity contribution in [3.05, 3.63) is 92.5 Å². The summed E-state index contributed by atoms with van der Waals surface area (Å²) in [6.45, 7) is 7.46. The topological polar surface area (TPSA) is 75.7 Å². The molecule has 0 radical (unpaired) electrons. The molecule has 41 heavy (non-hydrogen) atoms. The summed E-state index contributed by atoms with van der Waals surface area (Å²) in [6.07, 6.45) is 19.3. The standard InChI is InChI=1S/C36H28N4S/c1-40-28(22-39)17-27-14-25-16-34-30(19-32(25)36(27)10-6-3-7-11-36)29-18-31-24(15-33(29)41-34)13-26(12-23(20-37)21-38)35(31)8-4-2-5-9-35/h12-19H,2-11H2/b28-17-. The zero-order valence-corrected chi connectivity index (χ0v) is 23.7. The minimum Gasteiger partial charge on any atom is -0.227 e. The third-order valence-electron chi connectivity index (χ3n) is 10.1. The van der Waals surface area contributed by atoms with Crippen molar-refractivity contribution in [3.8, 4) is 18.2 Å². The van der Waals surface area contributed by atoms with E-state index in [1.165, 1.54) is 55.3 Å². The maximum absolute atomic E-state index is 9.51. The van der Waals surface area contributed by atoms with Gasteiger partial charge in [-0.2, -0.15) is 10.5 Å². The van der Waals surface area contributed by atoms with Gasteiger partial charge in [-0.25, -0.2) is 10.1 Å². The first-order valence-corrected chi connectivity index (χ1v) is 15.4. The molecule has 7 rings (SSSR count). The van der Waals surface area contributed by atoms with Gasteiger partial charge in [-0.3, -0.25) is 0 Å². The van der Waals surface area contributed by atoms with Crippen LogP contribution in [0, 0.1) is 40.6 Å². The lowest BCUT2D eigenvalue weighted by Crippen LogP contribution is -2.29. The predicted octanol–water partition coefficient (Wildman–Crippen LogP) is 9.55. The molecule has 4 aliphatic rings. The first-order valence-electron chi connectivity index (χ1n) is 14.6. The lowest BCUT2D eigenvalue weighted by Gasteiger charge is -2.37. The molecule has 0 bridgehead atoms. The molecule has 0 unspecified atom stereocenters. The molecular formula is C36H28N4S. The van der Waals surface area contributed by atoms with Crippen molar-refractivity contribution in [1.82, 2.24) is 0 Å². The highest BCUT2D eigenvalue weighted by Gasteiger charge is 2.43. The Bertz CT molecular complexity index is 1770. The van der Waals surface area contributed by atoms with Crippen LogP contribution in [0.5, 0.6) is 0 Å². The Balaban J connectivity index is 1.42. The van der Waals surface area contributed by atoms with Crippen LogP contribution in [0.2, 0.25) is 0 Å². The third-order valence-corrected chi connectivity index (χ3v) is 11.2. The van der Waals surface area contributed by atoms with E-state index in [1.54, 1.807) is 0 Å². The van der Waals surface area contributed by atoms with Crippen molar-refractivity contribution >= 4 is 43.7 Å². The van der Waals surface area contributed by atoms with Gasteiger partial charge >= 0.3 is 0 Å². The Kier molecular flexibility index (Phi) is 5.98. The predicted molar refractivity (Wildman–Crippen MR) is 164 cm³/mol. The van der Waals surface area contributed by atoms with Crippen LogP contribution in [0.15, 0.2) is 58.8 Å². The van der Waals surface area contributed by atoms with E-state index in [0.29, 0.717) is 0 Å². The van der Waals surface area contributed by atoms with Crippen molar-refractivity contribution in [2.75, 3.05) is 0 Å². The van der Waals surface area contributed by atoms with Crippen LogP contribution in [-0.4, -0.2) is 0 Å². The maximum atomic E-state index is 9.51. The fourth-order valence-corrected chi connectivity index (χ4v) is 9.32. The van der Waals surface area contributed by atoms with Crippen LogP contribution in [0.4, 0.5) is 0 Å². The van der Waals surface area contributed by atoms with E-state index < -0.39 is 0 Å². The van der Waals surface area contributed by atoms with E-state index in [9.17, 15) is 15.8 Å². The van der Waals surface area contributed by atoms with Crippen LogP contribution in [0.25, 0.3) is 37.2 Å². The van der Waals surface area contributed by atoms with Gasteiger partial charge in [-0.05, 0) is 95.5 Å². The SMILES string of the molecule is [C-]#[N+]/C(C#N)=C\C1=Cc2cc3sc4cc5c(cc4c3cc2C12CCCCC2)C1(CCCCC1)C(C=C(C#N)C#N)=C5. The van der Waals surface area contributed by atoms with Crippen LogP contribution in [0.1, 0.15) is 86.5 Å². The van der Waals surface area contributed by atoms with Gasteiger partial charge in [0, 0.05) is 31.0 Å². The molecule has 0 atom stereocenters. The summed E-state index contributed by atoms with van der Waals surface area (Å²) in [4.78, 5) is 3.47. The number of thiophene rings is 1. The molecule has 3 aromatic rings. The molecule has 0 N–H and O–H groups in total. The second-order valence-corrected chi connectivity index (χ2v) is 13.1. The van der Waals surface area contributed by atoms with Gasteiger partial charge in [0.1, 0.15) is 17.7 Å². The molecule has 2 fully saturated rings. The van der Waals surface area contributed by atoms with E-state index in [0.717, 1.165) is 62.5 Å². The molecule has 4 aliphatic carbocycles. The summed E-state index contributed by atoms with van der Waals surface area (Å²) in [7, 11) is 0. The number of nitrogens with zero attached hydrogens (tertiary/aromatic N) is 4. The molecule has 1 aromatic heterocycles. The lowest BCUT2D eigenvalue weighted by molar-refractivity contribution is 0.350. The second-order valence-electron chi connectivity index (χ2n) is 12.0. The number of allylic oxidation sites excluding steroid dienone is 6. The minimum atomic E-state index is -0.136. The Hall–Kier alpha value is -4.42. The van der Waals surface area contributed by atoms with Gasteiger partial charge in [-0.15, -0.1) is 11.3 Å². The zero-order chi connectivity index (χ0) is 28.2. The minimum absolute atomic E-state index is 0.130.